The van der Waals surface area contributed by atoms with Crippen molar-refractivity contribution in [1.82, 2.24) is 15.0 Å². The van der Waals surface area contributed by atoms with E-state index < -0.39 is 0 Å². The molecule has 0 saturated carbocycles. The zero-order valence-electron chi connectivity index (χ0n) is 10.1. The summed E-state index contributed by atoms with van der Waals surface area (Å²) in [6.45, 7) is 0. The van der Waals surface area contributed by atoms with Crippen LogP contribution in [0.1, 0.15) is 17.7 Å². The van der Waals surface area contributed by atoms with Crippen LogP contribution in [0.4, 0.5) is 10.2 Å². The molecule has 0 amide bonds. The average molecular weight is 244 g/mol. The zero-order valence-corrected chi connectivity index (χ0v) is 10.1. The number of anilines is 1. The van der Waals surface area contributed by atoms with Gasteiger partial charge in [-0.15, -0.1) is 0 Å². The van der Waals surface area contributed by atoms with Crippen molar-refractivity contribution in [3.05, 3.63) is 35.4 Å². The molecule has 5 heteroatoms. The highest BCUT2D eigenvalue weighted by molar-refractivity contribution is 5.57. The van der Waals surface area contributed by atoms with Crippen molar-refractivity contribution in [3.63, 3.8) is 0 Å². The topological polar surface area (TPSA) is 50.7 Å². The van der Waals surface area contributed by atoms with Gasteiger partial charge < -0.3 is 5.32 Å². The molecule has 0 aromatic carbocycles. The lowest BCUT2D eigenvalue weighted by Gasteiger charge is -2.08. The van der Waals surface area contributed by atoms with E-state index in [0.29, 0.717) is 11.5 Å². The first-order chi connectivity index (χ1) is 8.78. The average Bonchev–Trinajstić information content (AvgIpc) is 2.86. The van der Waals surface area contributed by atoms with Gasteiger partial charge in [-0.3, -0.25) is 0 Å². The Balaban J connectivity index is 2.10. The lowest BCUT2D eigenvalue weighted by molar-refractivity contribution is 0.621. The first kappa shape index (κ1) is 11.1. The number of pyridine rings is 1. The van der Waals surface area contributed by atoms with Crippen LogP contribution in [-0.2, 0) is 12.8 Å². The Labute approximate surface area is 104 Å². The number of nitrogens with one attached hydrogen (secondary N) is 1. The van der Waals surface area contributed by atoms with E-state index in [9.17, 15) is 4.39 Å². The van der Waals surface area contributed by atoms with Crippen LogP contribution in [0.15, 0.2) is 18.3 Å². The van der Waals surface area contributed by atoms with Crippen LogP contribution >= 0.6 is 0 Å². The summed E-state index contributed by atoms with van der Waals surface area (Å²) in [6.07, 6.45) is 4.29. The highest BCUT2D eigenvalue weighted by Gasteiger charge is 2.19. The molecule has 0 spiro atoms. The van der Waals surface area contributed by atoms with E-state index in [1.54, 1.807) is 6.07 Å². The number of aryl methyl sites for hydroxylation is 1. The Morgan fingerprint density at radius 1 is 1.22 bits per heavy atom. The summed E-state index contributed by atoms with van der Waals surface area (Å²) in [5.41, 5.74) is 2.88. The number of aromatic nitrogens is 3. The molecule has 18 heavy (non-hydrogen) atoms. The number of rotatable bonds is 2. The molecule has 0 unspecified atom stereocenters. The summed E-state index contributed by atoms with van der Waals surface area (Å²) in [6, 6.07) is 2.98. The summed E-state index contributed by atoms with van der Waals surface area (Å²) in [5.74, 6) is 1.06. The standard InChI is InChI=1S/C13H13FN4/c1-15-12-9-3-2-4-10(9)17-13(18-12)11-6-5-8(14)7-16-11/h5-7H,2-4H2,1H3,(H,15,17,18). The van der Waals surface area contributed by atoms with Gasteiger partial charge in [0, 0.05) is 18.3 Å². The van der Waals surface area contributed by atoms with Crippen molar-refractivity contribution < 1.29 is 4.39 Å². The monoisotopic (exact) mass is 244 g/mol. The third-order valence-corrected chi connectivity index (χ3v) is 3.13. The molecule has 2 aromatic heterocycles. The highest BCUT2D eigenvalue weighted by Crippen LogP contribution is 2.28. The van der Waals surface area contributed by atoms with Crippen molar-refractivity contribution in [3.8, 4) is 11.5 Å². The molecule has 1 aliphatic carbocycles. The predicted octanol–water partition coefficient (Wildman–Crippen LogP) is 2.21. The normalized spacial score (nSPS) is 13.4. The van der Waals surface area contributed by atoms with E-state index in [1.165, 1.54) is 17.8 Å². The quantitative estimate of drug-likeness (QED) is 0.880. The minimum atomic E-state index is -0.353. The minimum Gasteiger partial charge on any atom is -0.373 e. The molecule has 0 radical (unpaired) electrons. The molecule has 0 aliphatic heterocycles. The molecule has 1 N–H and O–H groups in total. The number of nitrogens with zero attached hydrogens (tertiary/aromatic N) is 3. The van der Waals surface area contributed by atoms with Gasteiger partial charge in [-0.1, -0.05) is 0 Å². The summed E-state index contributed by atoms with van der Waals surface area (Å²) in [5, 5.41) is 3.10. The summed E-state index contributed by atoms with van der Waals surface area (Å²) >= 11 is 0. The van der Waals surface area contributed by atoms with E-state index in [0.717, 1.165) is 30.8 Å². The third kappa shape index (κ3) is 1.81. The smallest absolute Gasteiger partial charge is 0.180 e. The van der Waals surface area contributed by atoms with E-state index >= 15 is 0 Å². The minimum absolute atomic E-state index is 0.353. The van der Waals surface area contributed by atoms with Crippen molar-refractivity contribution in [2.24, 2.45) is 0 Å². The Bertz CT molecular complexity index is 580. The van der Waals surface area contributed by atoms with Crippen LogP contribution in [0, 0.1) is 5.82 Å². The molecule has 3 rings (SSSR count). The van der Waals surface area contributed by atoms with Crippen LogP contribution in [0.5, 0.6) is 0 Å². The van der Waals surface area contributed by atoms with E-state index in [4.69, 9.17) is 0 Å². The molecule has 2 aromatic rings. The zero-order chi connectivity index (χ0) is 12.5. The molecule has 1 aliphatic rings. The van der Waals surface area contributed by atoms with Gasteiger partial charge >= 0.3 is 0 Å². The van der Waals surface area contributed by atoms with Gasteiger partial charge in [0.15, 0.2) is 5.82 Å². The molecule has 4 nitrogen and oxygen atoms in total. The summed E-state index contributed by atoms with van der Waals surface area (Å²) in [7, 11) is 1.85. The molecule has 0 bridgehead atoms. The van der Waals surface area contributed by atoms with Gasteiger partial charge in [0.2, 0.25) is 0 Å². The highest BCUT2D eigenvalue weighted by atomic mass is 19.1. The van der Waals surface area contributed by atoms with Crippen molar-refractivity contribution in [2.45, 2.75) is 19.3 Å². The van der Waals surface area contributed by atoms with E-state index in [2.05, 4.69) is 20.3 Å². The molecular weight excluding hydrogens is 231 g/mol. The Hall–Kier alpha value is -2.04. The van der Waals surface area contributed by atoms with Gasteiger partial charge in [-0.25, -0.2) is 19.3 Å². The van der Waals surface area contributed by atoms with Gasteiger partial charge in [-0.05, 0) is 31.4 Å². The second-order valence-electron chi connectivity index (χ2n) is 4.29. The van der Waals surface area contributed by atoms with Crippen LogP contribution in [0.3, 0.4) is 0 Å². The van der Waals surface area contributed by atoms with Gasteiger partial charge in [0.25, 0.3) is 0 Å². The third-order valence-electron chi connectivity index (χ3n) is 3.13. The molecule has 0 fully saturated rings. The second-order valence-corrected chi connectivity index (χ2v) is 4.29. The summed E-state index contributed by atoms with van der Waals surface area (Å²) in [4.78, 5) is 13.0. The maximum Gasteiger partial charge on any atom is 0.180 e. The first-order valence-corrected chi connectivity index (χ1v) is 5.97. The van der Waals surface area contributed by atoms with Crippen molar-refractivity contribution >= 4 is 5.82 Å². The Morgan fingerprint density at radius 3 is 2.83 bits per heavy atom. The van der Waals surface area contributed by atoms with Crippen LogP contribution in [0.2, 0.25) is 0 Å². The maximum atomic E-state index is 12.9. The van der Waals surface area contributed by atoms with Crippen molar-refractivity contribution in [2.75, 3.05) is 12.4 Å². The van der Waals surface area contributed by atoms with E-state index in [-0.39, 0.29) is 5.82 Å². The number of hydrogen-bond donors (Lipinski definition) is 1. The molecule has 92 valence electrons. The maximum absolute atomic E-state index is 12.9. The SMILES string of the molecule is CNc1nc(-c2ccc(F)cn2)nc2c1CCC2. The molecule has 0 saturated heterocycles. The fraction of sp³-hybridized carbons (Fsp3) is 0.308. The number of halogens is 1. The number of hydrogen-bond acceptors (Lipinski definition) is 4. The fourth-order valence-corrected chi connectivity index (χ4v) is 2.26. The van der Waals surface area contributed by atoms with Gasteiger partial charge in [0.1, 0.15) is 17.3 Å². The first-order valence-electron chi connectivity index (χ1n) is 5.97. The van der Waals surface area contributed by atoms with Crippen molar-refractivity contribution in [1.29, 1.82) is 0 Å². The lowest BCUT2D eigenvalue weighted by Crippen LogP contribution is -2.04. The van der Waals surface area contributed by atoms with Gasteiger partial charge in [0.05, 0.1) is 6.20 Å². The molecular formula is C13H13FN4. The second kappa shape index (κ2) is 4.33. The number of fused-ring (bicyclic) bond motifs is 1. The lowest BCUT2D eigenvalue weighted by atomic mass is 10.2. The van der Waals surface area contributed by atoms with Gasteiger partial charge in [-0.2, -0.15) is 0 Å². The molecule has 0 atom stereocenters. The predicted molar refractivity (Wildman–Crippen MR) is 66.8 cm³/mol. The largest absolute Gasteiger partial charge is 0.373 e. The molecule has 2 heterocycles. The van der Waals surface area contributed by atoms with Crippen LogP contribution < -0.4 is 5.32 Å². The Kier molecular flexibility index (Phi) is 2.66. The van der Waals surface area contributed by atoms with Crippen LogP contribution in [-0.4, -0.2) is 22.0 Å². The van der Waals surface area contributed by atoms with E-state index in [1.807, 2.05) is 7.05 Å². The summed E-state index contributed by atoms with van der Waals surface area (Å²) < 4.78 is 12.9. The Morgan fingerprint density at radius 2 is 2.11 bits per heavy atom. The fourth-order valence-electron chi connectivity index (χ4n) is 2.26. The van der Waals surface area contributed by atoms with Crippen LogP contribution in [0.25, 0.3) is 11.5 Å².